The zero-order valence-corrected chi connectivity index (χ0v) is 16.8. The Hall–Kier alpha value is -3.06. The maximum absolute atomic E-state index is 11.6. The summed E-state index contributed by atoms with van der Waals surface area (Å²) in [6.07, 6.45) is 0.875. The van der Waals surface area contributed by atoms with Crippen molar-refractivity contribution >= 4 is 28.1 Å². The van der Waals surface area contributed by atoms with E-state index in [0.717, 1.165) is 38.5 Å². The van der Waals surface area contributed by atoms with Crippen molar-refractivity contribution in [3.63, 3.8) is 0 Å². The van der Waals surface area contributed by atoms with E-state index in [2.05, 4.69) is 5.32 Å². The van der Waals surface area contributed by atoms with Crippen LogP contribution in [0.25, 0.3) is 11.3 Å². The number of carbonyl (C=O) groups excluding carboxylic acids is 1. The Morgan fingerprint density at radius 1 is 0.964 bits per heavy atom. The van der Waals surface area contributed by atoms with Crippen LogP contribution >= 0.6 is 11.3 Å². The number of benzene rings is 2. The largest absolute Gasteiger partial charge is 0.497 e. The van der Waals surface area contributed by atoms with E-state index in [9.17, 15) is 4.79 Å². The standard InChI is InChI=1S/C21H22N2O4S/c1-25-16-8-4-14(5-9-16)20-18(12-13-19(24)27-3)28-21(23-20)22-15-6-10-17(26-2)11-7-15/h4-11H,12-13H2,1-3H3,(H,22,23). The summed E-state index contributed by atoms with van der Waals surface area (Å²) in [5.74, 6) is 1.34. The van der Waals surface area contributed by atoms with E-state index in [1.165, 1.54) is 18.4 Å². The third-order valence-corrected chi connectivity index (χ3v) is 5.22. The molecule has 0 spiro atoms. The van der Waals surface area contributed by atoms with Crippen LogP contribution in [0.1, 0.15) is 11.3 Å². The molecule has 0 aliphatic heterocycles. The number of nitrogens with one attached hydrogen (secondary N) is 1. The third-order valence-electron chi connectivity index (χ3n) is 4.19. The molecular weight excluding hydrogens is 376 g/mol. The van der Waals surface area contributed by atoms with E-state index < -0.39 is 0 Å². The van der Waals surface area contributed by atoms with E-state index in [0.29, 0.717) is 12.8 Å². The minimum atomic E-state index is -0.237. The molecule has 0 radical (unpaired) electrons. The van der Waals surface area contributed by atoms with Crippen LogP contribution in [0.2, 0.25) is 0 Å². The van der Waals surface area contributed by atoms with Gasteiger partial charge in [-0.05, 0) is 55.0 Å². The molecule has 0 aliphatic rings. The highest BCUT2D eigenvalue weighted by molar-refractivity contribution is 7.16. The van der Waals surface area contributed by atoms with Crippen molar-refractivity contribution in [2.24, 2.45) is 0 Å². The molecule has 1 N–H and O–H groups in total. The van der Waals surface area contributed by atoms with Gasteiger partial charge in [-0.15, -0.1) is 11.3 Å². The lowest BCUT2D eigenvalue weighted by Crippen LogP contribution is -2.01. The van der Waals surface area contributed by atoms with Crippen LogP contribution < -0.4 is 14.8 Å². The Bertz CT molecular complexity index is 921. The molecule has 0 amide bonds. The molecule has 6 nitrogen and oxygen atoms in total. The smallest absolute Gasteiger partial charge is 0.305 e. The summed E-state index contributed by atoms with van der Waals surface area (Å²) in [6.45, 7) is 0. The maximum Gasteiger partial charge on any atom is 0.305 e. The average Bonchev–Trinajstić information content (AvgIpc) is 3.15. The molecule has 1 heterocycles. The van der Waals surface area contributed by atoms with Gasteiger partial charge in [-0.3, -0.25) is 4.79 Å². The molecular formula is C21H22N2O4S. The molecule has 0 saturated heterocycles. The van der Waals surface area contributed by atoms with Crippen molar-refractivity contribution in [3.8, 4) is 22.8 Å². The Kier molecular flexibility index (Phi) is 6.49. The topological polar surface area (TPSA) is 69.7 Å². The second kappa shape index (κ2) is 9.23. The van der Waals surface area contributed by atoms with Crippen LogP contribution in [0.15, 0.2) is 48.5 Å². The van der Waals surface area contributed by atoms with Crippen molar-refractivity contribution in [1.29, 1.82) is 0 Å². The number of thiazole rings is 1. The Balaban J connectivity index is 1.87. The van der Waals surface area contributed by atoms with Crippen LogP contribution in [-0.2, 0) is 16.0 Å². The number of ether oxygens (including phenoxy) is 3. The molecule has 28 heavy (non-hydrogen) atoms. The fraction of sp³-hybridized carbons (Fsp3) is 0.238. The second-order valence-corrected chi connectivity index (χ2v) is 7.03. The fourth-order valence-electron chi connectivity index (χ4n) is 2.66. The normalized spacial score (nSPS) is 10.4. The van der Waals surface area contributed by atoms with Crippen LogP contribution in [0.3, 0.4) is 0 Å². The first-order chi connectivity index (χ1) is 13.6. The quantitative estimate of drug-likeness (QED) is 0.556. The van der Waals surface area contributed by atoms with Crippen LogP contribution in [0.4, 0.5) is 10.8 Å². The summed E-state index contributed by atoms with van der Waals surface area (Å²) >= 11 is 1.53. The molecule has 3 aromatic rings. The van der Waals surface area contributed by atoms with Gasteiger partial charge >= 0.3 is 5.97 Å². The van der Waals surface area contributed by atoms with Crippen molar-refractivity contribution in [3.05, 3.63) is 53.4 Å². The van der Waals surface area contributed by atoms with E-state index in [1.54, 1.807) is 14.2 Å². The number of esters is 1. The van der Waals surface area contributed by atoms with Crippen molar-refractivity contribution < 1.29 is 19.0 Å². The third kappa shape index (κ3) is 4.80. The first-order valence-electron chi connectivity index (χ1n) is 8.75. The van der Waals surface area contributed by atoms with Gasteiger partial charge in [0.15, 0.2) is 5.13 Å². The van der Waals surface area contributed by atoms with Gasteiger partial charge in [0, 0.05) is 16.1 Å². The first kappa shape index (κ1) is 19.7. The Morgan fingerprint density at radius 3 is 2.14 bits per heavy atom. The number of rotatable bonds is 8. The van der Waals surface area contributed by atoms with Crippen LogP contribution in [0, 0.1) is 0 Å². The zero-order valence-electron chi connectivity index (χ0n) is 16.0. The molecule has 146 valence electrons. The van der Waals surface area contributed by atoms with Gasteiger partial charge in [0.25, 0.3) is 0 Å². The van der Waals surface area contributed by atoms with Gasteiger partial charge in [0.1, 0.15) is 11.5 Å². The molecule has 0 bridgehead atoms. The van der Waals surface area contributed by atoms with Gasteiger partial charge in [-0.2, -0.15) is 0 Å². The number of aromatic nitrogens is 1. The van der Waals surface area contributed by atoms with Gasteiger partial charge in [0.05, 0.1) is 33.4 Å². The summed E-state index contributed by atoms with van der Waals surface area (Å²) in [5.41, 5.74) is 2.74. The van der Waals surface area contributed by atoms with Crippen molar-refractivity contribution in [1.82, 2.24) is 4.98 Å². The van der Waals surface area contributed by atoms with Gasteiger partial charge < -0.3 is 19.5 Å². The lowest BCUT2D eigenvalue weighted by Gasteiger charge is -2.04. The number of anilines is 2. The lowest BCUT2D eigenvalue weighted by atomic mass is 10.1. The number of aryl methyl sites for hydroxylation is 1. The maximum atomic E-state index is 11.6. The highest BCUT2D eigenvalue weighted by Gasteiger charge is 2.15. The molecule has 3 rings (SSSR count). The van der Waals surface area contributed by atoms with Crippen molar-refractivity contribution in [2.45, 2.75) is 12.8 Å². The van der Waals surface area contributed by atoms with E-state index in [4.69, 9.17) is 19.2 Å². The fourth-order valence-corrected chi connectivity index (χ4v) is 3.67. The predicted octanol–water partition coefficient (Wildman–Crippen LogP) is 4.68. The Morgan fingerprint density at radius 2 is 1.57 bits per heavy atom. The summed E-state index contributed by atoms with van der Waals surface area (Å²) in [6, 6.07) is 15.4. The SMILES string of the molecule is COC(=O)CCc1sc(Nc2ccc(OC)cc2)nc1-c1ccc(OC)cc1. The minimum absolute atomic E-state index is 0.237. The molecule has 0 saturated carbocycles. The number of methoxy groups -OCH3 is 3. The average molecular weight is 398 g/mol. The highest BCUT2D eigenvalue weighted by atomic mass is 32.1. The molecule has 7 heteroatoms. The molecule has 0 unspecified atom stereocenters. The van der Waals surface area contributed by atoms with Crippen molar-refractivity contribution in [2.75, 3.05) is 26.6 Å². The zero-order chi connectivity index (χ0) is 19.9. The first-order valence-corrected chi connectivity index (χ1v) is 9.56. The second-order valence-electron chi connectivity index (χ2n) is 5.95. The molecule has 1 aromatic heterocycles. The van der Waals surface area contributed by atoms with Crippen LogP contribution in [-0.4, -0.2) is 32.3 Å². The van der Waals surface area contributed by atoms with E-state index in [-0.39, 0.29) is 5.97 Å². The van der Waals surface area contributed by atoms with Gasteiger partial charge in [-0.25, -0.2) is 4.98 Å². The summed E-state index contributed by atoms with van der Waals surface area (Å²) in [5, 5.41) is 4.08. The van der Waals surface area contributed by atoms with E-state index in [1.807, 2.05) is 48.5 Å². The summed E-state index contributed by atoms with van der Waals surface area (Å²) in [7, 11) is 4.67. The monoisotopic (exact) mass is 398 g/mol. The number of hydrogen-bond acceptors (Lipinski definition) is 7. The minimum Gasteiger partial charge on any atom is -0.497 e. The number of nitrogens with zero attached hydrogens (tertiary/aromatic N) is 1. The molecule has 0 atom stereocenters. The van der Waals surface area contributed by atoms with Crippen LogP contribution in [0.5, 0.6) is 11.5 Å². The number of hydrogen-bond donors (Lipinski definition) is 1. The highest BCUT2D eigenvalue weighted by Crippen LogP contribution is 2.34. The summed E-state index contributed by atoms with van der Waals surface area (Å²) in [4.78, 5) is 17.4. The molecule has 2 aromatic carbocycles. The molecule has 0 fully saturated rings. The summed E-state index contributed by atoms with van der Waals surface area (Å²) < 4.78 is 15.2. The molecule has 0 aliphatic carbocycles. The lowest BCUT2D eigenvalue weighted by molar-refractivity contribution is -0.140. The van der Waals surface area contributed by atoms with Gasteiger partial charge in [0.2, 0.25) is 0 Å². The number of carbonyl (C=O) groups is 1. The predicted molar refractivity (Wildman–Crippen MR) is 111 cm³/mol. The Labute approximate surface area is 168 Å². The van der Waals surface area contributed by atoms with E-state index >= 15 is 0 Å². The van der Waals surface area contributed by atoms with Gasteiger partial charge in [-0.1, -0.05) is 0 Å².